The second-order valence-corrected chi connectivity index (χ2v) is 4.79. The molecule has 0 saturated heterocycles. The molecule has 0 aliphatic carbocycles. The highest BCUT2D eigenvalue weighted by Gasteiger charge is 2.16. The number of hydrogen-bond acceptors (Lipinski definition) is 4. The summed E-state index contributed by atoms with van der Waals surface area (Å²) in [4.78, 5) is 21.8. The lowest BCUT2D eigenvalue weighted by Gasteiger charge is -2.20. The van der Waals surface area contributed by atoms with Crippen LogP contribution in [0.5, 0.6) is 0 Å². The monoisotopic (exact) mass is 231 g/mol. The van der Waals surface area contributed by atoms with Crippen LogP contribution in [0.15, 0.2) is 0 Å². The van der Waals surface area contributed by atoms with Crippen molar-refractivity contribution >= 4 is 12.1 Å². The van der Waals surface area contributed by atoms with Crippen LogP contribution in [0.3, 0.4) is 0 Å². The van der Waals surface area contributed by atoms with E-state index in [4.69, 9.17) is 9.47 Å². The summed E-state index contributed by atoms with van der Waals surface area (Å²) in [5.41, 5.74) is -0.497. The maximum atomic E-state index is 11.3. The Morgan fingerprint density at radius 2 is 1.88 bits per heavy atom. The van der Waals surface area contributed by atoms with Gasteiger partial charge in [0.25, 0.3) is 0 Å². The van der Waals surface area contributed by atoms with Crippen molar-refractivity contribution in [3.05, 3.63) is 0 Å². The first-order valence-electron chi connectivity index (χ1n) is 5.31. The molecule has 0 aliphatic heterocycles. The lowest BCUT2D eigenvalue weighted by molar-refractivity contribution is -0.142. The smallest absolute Gasteiger partial charge is 0.407 e. The summed E-state index contributed by atoms with van der Waals surface area (Å²) in [5, 5.41) is 2.61. The Morgan fingerprint density at radius 1 is 1.31 bits per heavy atom. The van der Waals surface area contributed by atoms with E-state index in [1.165, 1.54) is 6.92 Å². The van der Waals surface area contributed by atoms with Crippen LogP contribution >= 0.6 is 0 Å². The van der Waals surface area contributed by atoms with E-state index in [1.807, 2.05) is 6.92 Å². The molecule has 0 radical (unpaired) electrons. The zero-order chi connectivity index (χ0) is 12.8. The Kier molecular flexibility index (Phi) is 5.85. The fraction of sp³-hybridized carbons (Fsp3) is 0.818. The molecule has 1 atom stereocenters. The Hall–Kier alpha value is -1.26. The van der Waals surface area contributed by atoms with Crippen LogP contribution < -0.4 is 5.32 Å². The van der Waals surface area contributed by atoms with E-state index >= 15 is 0 Å². The standard InChI is InChI=1S/C11H21NO4/c1-8(7-15-9(2)13)6-12-10(14)16-11(3,4)5/h8H,6-7H2,1-5H3,(H,12,14)/t8-/m0/s1. The maximum Gasteiger partial charge on any atom is 0.407 e. The van der Waals surface area contributed by atoms with Crippen molar-refractivity contribution in [3.63, 3.8) is 0 Å². The van der Waals surface area contributed by atoms with Crippen LogP contribution in [0.4, 0.5) is 4.79 Å². The van der Waals surface area contributed by atoms with E-state index in [-0.39, 0.29) is 11.9 Å². The van der Waals surface area contributed by atoms with Gasteiger partial charge >= 0.3 is 12.1 Å². The molecule has 0 aliphatic rings. The molecule has 0 aromatic carbocycles. The first-order chi connectivity index (χ1) is 7.20. The van der Waals surface area contributed by atoms with Gasteiger partial charge in [-0.3, -0.25) is 4.79 Å². The van der Waals surface area contributed by atoms with Gasteiger partial charge in [-0.1, -0.05) is 6.92 Å². The van der Waals surface area contributed by atoms with Crippen molar-refractivity contribution in [1.29, 1.82) is 0 Å². The largest absolute Gasteiger partial charge is 0.466 e. The van der Waals surface area contributed by atoms with Crippen molar-refractivity contribution in [2.45, 2.75) is 40.2 Å². The van der Waals surface area contributed by atoms with Crippen molar-refractivity contribution < 1.29 is 19.1 Å². The predicted octanol–water partition coefficient (Wildman–Crippen LogP) is 1.71. The highest BCUT2D eigenvalue weighted by molar-refractivity contribution is 5.67. The van der Waals surface area contributed by atoms with Gasteiger partial charge in [-0.2, -0.15) is 0 Å². The van der Waals surface area contributed by atoms with Gasteiger partial charge in [-0.25, -0.2) is 4.79 Å². The molecule has 5 heteroatoms. The predicted molar refractivity (Wildman–Crippen MR) is 60.0 cm³/mol. The summed E-state index contributed by atoms with van der Waals surface area (Å²) in [6, 6.07) is 0. The molecule has 0 unspecified atom stereocenters. The molecular formula is C11H21NO4. The van der Waals surface area contributed by atoms with Gasteiger partial charge in [0, 0.05) is 19.4 Å². The van der Waals surface area contributed by atoms with E-state index in [0.29, 0.717) is 13.2 Å². The molecule has 0 bridgehead atoms. The summed E-state index contributed by atoms with van der Waals surface area (Å²) in [6.45, 7) is 9.35. The fourth-order valence-electron chi connectivity index (χ4n) is 0.890. The van der Waals surface area contributed by atoms with Crippen LogP contribution in [0.2, 0.25) is 0 Å². The summed E-state index contributed by atoms with van der Waals surface area (Å²) >= 11 is 0. The minimum atomic E-state index is -0.497. The summed E-state index contributed by atoms with van der Waals surface area (Å²) in [6.07, 6.45) is -0.456. The minimum Gasteiger partial charge on any atom is -0.466 e. The van der Waals surface area contributed by atoms with E-state index in [0.717, 1.165) is 0 Å². The van der Waals surface area contributed by atoms with E-state index in [1.54, 1.807) is 20.8 Å². The lowest BCUT2D eigenvalue weighted by atomic mass is 10.2. The molecule has 0 aromatic heterocycles. The molecule has 0 rings (SSSR count). The van der Waals surface area contributed by atoms with Crippen LogP contribution in [0, 0.1) is 5.92 Å². The van der Waals surface area contributed by atoms with Crippen molar-refractivity contribution in [1.82, 2.24) is 5.32 Å². The Labute approximate surface area is 96.5 Å². The van der Waals surface area contributed by atoms with Gasteiger partial charge in [-0.05, 0) is 20.8 Å². The van der Waals surface area contributed by atoms with Gasteiger partial charge in [-0.15, -0.1) is 0 Å². The number of esters is 1. The number of carbonyl (C=O) groups is 2. The topological polar surface area (TPSA) is 64.6 Å². The molecule has 1 amide bonds. The number of nitrogens with one attached hydrogen (secondary N) is 1. The molecule has 0 aromatic rings. The van der Waals surface area contributed by atoms with Crippen LogP contribution in [-0.4, -0.2) is 30.8 Å². The first kappa shape index (κ1) is 14.7. The third-order valence-electron chi connectivity index (χ3n) is 1.56. The highest BCUT2D eigenvalue weighted by Crippen LogP contribution is 2.06. The normalized spacial score (nSPS) is 12.8. The highest BCUT2D eigenvalue weighted by atomic mass is 16.6. The molecule has 5 nitrogen and oxygen atoms in total. The molecular weight excluding hydrogens is 210 g/mol. The summed E-state index contributed by atoms with van der Waals surface area (Å²) < 4.78 is 9.86. The molecule has 16 heavy (non-hydrogen) atoms. The summed E-state index contributed by atoms with van der Waals surface area (Å²) in [7, 11) is 0. The van der Waals surface area contributed by atoms with E-state index < -0.39 is 11.7 Å². The van der Waals surface area contributed by atoms with Gasteiger partial charge in [0.2, 0.25) is 0 Å². The summed E-state index contributed by atoms with van der Waals surface area (Å²) in [5.74, 6) is -0.250. The van der Waals surface area contributed by atoms with Gasteiger partial charge in [0.15, 0.2) is 0 Å². The Bertz CT molecular complexity index is 245. The average Bonchev–Trinajstić information content (AvgIpc) is 2.08. The number of carbonyl (C=O) groups excluding carboxylic acids is 2. The van der Waals surface area contributed by atoms with Crippen molar-refractivity contribution in [2.24, 2.45) is 5.92 Å². The molecule has 94 valence electrons. The molecule has 0 spiro atoms. The zero-order valence-corrected chi connectivity index (χ0v) is 10.6. The minimum absolute atomic E-state index is 0.0661. The van der Waals surface area contributed by atoms with E-state index in [9.17, 15) is 9.59 Å². The zero-order valence-electron chi connectivity index (χ0n) is 10.6. The van der Waals surface area contributed by atoms with Gasteiger partial charge in [0.1, 0.15) is 5.60 Å². The van der Waals surface area contributed by atoms with Crippen molar-refractivity contribution in [3.8, 4) is 0 Å². The molecule has 1 N–H and O–H groups in total. The molecule has 0 saturated carbocycles. The number of ether oxygens (including phenoxy) is 2. The average molecular weight is 231 g/mol. The van der Waals surface area contributed by atoms with Crippen LogP contribution in [-0.2, 0) is 14.3 Å². The van der Waals surface area contributed by atoms with Crippen molar-refractivity contribution in [2.75, 3.05) is 13.2 Å². The Balaban J connectivity index is 3.71. The third kappa shape index (κ3) is 9.30. The van der Waals surface area contributed by atoms with Crippen LogP contribution in [0.25, 0.3) is 0 Å². The first-order valence-corrected chi connectivity index (χ1v) is 5.31. The number of hydrogen-bond donors (Lipinski definition) is 1. The molecule has 0 heterocycles. The second-order valence-electron chi connectivity index (χ2n) is 4.79. The lowest BCUT2D eigenvalue weighted by Crippen LogP contribution is -2.35. The third-order valence-corrected chi connectivity index (χ3v) is 1.56. The number of alkyl carbamates (subject to hydrolysis) is 1. The fourth-order valence-corrected chi connectivity index (χ4v) is 0.890. The number of amides is 1. The maximum absolute atomic E-state index is 11.3. The van der Waals surface area contributed by atoms with Crippen LogP contribution in [0.1, 0.15) is 34.6 Å². The molecule has 0 fully saturated rings. The van der Waals surface area contributed by atoms with E-state index in [2.05, 4.69) is 5.32 Å². The second kappa shape index (κ2) is 6.35. The van der Waals surface area contributed by atoms with Gasteiger partial charge in [0.05, 0.1) is 6.61 Å². The number of rotatable bonds is 4. The Morgan fingerprint density at radius 3 is 2.31 bits per heavy atom. The SMILES string of the molecule is CC(=O)OC[C@@H](C)CNC(=O)OC(C)(C)C. The van der Waals surface area contributed by atoms with Gasteiger partial charge < -0.3 is 14.8 Å². The quantitative estimate of drug-likeness (QED) is 0.748.